The Hall–Kier alpha value is -0.760. The van der Waals surface area contributed by atoms with Gasteiger partial charge in [-0.3, -0.25) is 0 Å². The molecule has 0 spiro atoms. The average Bonchev–Trinajstić information content (AvgIpc) is 2.85. The van der Waals surface area contributed by atoms with E-state index >= 15 is 0 Å². The highest BCUT2D eigenvalue weighted by Gasteiger charge is 2.24. The number of rotatable bonds is 1. The predicted octanol–water partition coefficient (Wildman–Crippen LogP) is 2.94. The molecule has 0 amide bonds. The van der Waals surface area contributed by atoms with E-state index in [1.807, 2.05) is 0 Å². The van der Waals surface area contributed by atoms with Crippen LogP contribution >= 0.6 is 0 Å². The molecule has 1 unspecified atom stereocenters. The van der Waals surface area contributed by atoms with Gasteiger partial charge in [-0.2, -0.15) is 0 Å². The minimum absolute atomic E-state index is 0.302. The Kier molecular flexibility index (Phi) is 2.32. The second kappa shape index (κ2) is 3.67. The van der Waals surface area contributed by atoms with Crippen LogP contribution in [0.2, 0.25) is 0 Å². The summed E-state index contributed by atoms with van der Waals surface area (Å²) in [6.45, 7) is 0. The Morgan fingerprint density at radius 3 is 2.73 bits per heavy atom. The molecule has 2 N–H and O–H groups in total. The molecule has 1 atom stereocenters. The molecular weight excluding hydrogens is 184 g/mol. The second-order valence-electron chi connectivity index (χ2n) is 5.06. The van der Waals surface area contributed by atoms with Gasteiger partial charge in [-0.25, -0.2) is 0 Å². The van der Waals surface area contributed by atoms with Crippen LogP contribution in [0.4, 0.5) is 0 Å². The molecule has 2 aliphatic rings. The zero-order chi connectivity index (χ0) is 10.3. The lowest BCUT2D eigenvalue weighted by Gasteiger charge is -2.23. The lowest BCUT2D eigenvalue weighted by atomic mass is 9.93. The van der Waals surface area contributed by atoms with Gasteiger partial charge in [0.1, 0.15) is 0 Å². The van der Waals surface area contributed by atoms with Crippen LogP contribution in [0.25, 0.3) is 0 Å². The Morgan fingerprint density at radius 1 is 1.13 bits per heavy atom. The lowest BCUT2D eigenvalue weighted by Crippen LogP contribution is -2.19. The first-order valence-corrected chi connectivity index (χ1v) is 6.31. The van der Waals surface area contributed by atoms with Gasteiger partial charge in [0.15, 0.2) is 0 Å². The fraction of sp³-hybridized carbons (Fsp3) is 0.692. The van der Waals surface area contributed by atoms with Crippen LogP contribution in [0.3, 0.4) is 0 Å². The van der Waals surface area contributed by atoms with E-state index in [2.05, 4.69) is 16.8 Å². The van der Waals surface area contributed by atoms with Crippen molar-refractivity contribution in [3.8, 4) is 0 Å². The van der Waals surface area contributed by atoms with Gasteiger partial charge >= 0.3 is 0 Å². The fourth-order valence-corrected chi connectivity index (χ4v) is 3.28. The molecule has 0 bridgehead atoms. The lowest BCUT2D eigenvalue weighted by molar-refractivity contribution is 0.474. The number of nitrogens with two attached hydrogens (primary N) is 1. The third-order valence-corrected chi connectivity index (χ3v) is 4.11. The molecule has 1 fully saturated rings. The van der Waals surface area contributed by atoms with Crippen LogP contribution in [-0.4, -0.2) is 4.57 Å². The van der Waals surface area contributed by atoms with Crippen molar-refractivity contribution in [1.82, 2.24) is 4.57 Å². The van der Waals surface area contributed by atoms with E-state index in [-0.39, 0.29) is 0 Å². The molecule has 0 saturated heterocycles. The Morgan fingerprint density at radius 2 is 1.93 bits per heavy atom. The van der Waals surface area contributed by atoms with Crippen molar-refractivity contribution in [2.75, 3.05) is 0 Å². The summed E-state index contributed by atoms with van der Waals surface area (Å²) in [4.78, 5) is 0. The molecular formula is C13H20N2. The van der Waals surface area contributed by atoms with E-state index in [1.165, 1.54) is 50.5 Å². The quantitative estimate of drug-likeness (QED) is 0.749. The van der Waals surface area contributed by atoms with Crippen molar-refractivity contribution in [1.29, 1.82) is 0 Å². The molecule has 2 heteroatoms. The largest absolute Gasteiger partial charge is 0.348 e. The first kappa shape index (κ1) is 9.46. The number of nitrogens with zero attached hydrogens (tertiary/aromatic N) is 1. The molecule has 0 aromatic carbocycles. The molecule has 1 aromatic rings. The van der Waals surface area contributed by atoms with Crippen molar-refractivity contribution in [3.05, 3.63) is 23.5 Å². The Bertz CT molecular complexity index is 347. The molecule has 1 saturated carbocycles. The van der Waals surface area contributed by atoms with Gasteiger partial charge < -0.3 is 10.3 Å². The Labute approximate surface area is 91.5 Å². The summed E-state index contributed by atoms with van der Waals surface area (Å²) in [6, 6.07) is 3.34. The molecule has 1 aromatic heterocycles. The first-order chi connectivity index (χ1) is 7.36. The summed E-state index contributed by atoms with van der Waals surface area (Å²) in [5.74, 6) is 0. The SMILES string of the molecule is NC1CCCc2c1ccn2C1CCCC1. The van der Waals surface area contributed by atoms with Gasteiger partial charge in [-0.15, -0.1) is 0 Å². The molecule has 0 aliphatic heterocycles. The van der Waals surface area contributed by atoms with Crippen LogP contribution in [0.15, 0.2) is 12.3 Å². The number of aromatic nitrogens is 1. The van der Waals surface area contributed by atoms with E-state index in [0.717, 1.165) is 6.04 Å². The minimum Gasteiger partial charge on any atom is -0.348 e. The van der Waals surface area contributed by atoms with Gasteiger partial charge in [0, 0.05) is 24.0 Å². The van der Waals surface area contributed by atoms with E-state index in [4.69, 9.17) is 5.73 Å². The molecule has 2 aliphatic carbocycles. The highest BCUT2D eigenvalue weighted by Crippen LogP contribution is 2.36. The molecule has 2 nitrogen and oxygen atoms in total. The maximum atomic E-state index is 6.15. The van der Waals surface area contributed by atoms with Gasteiger partial charge in [0.25, 0.3) is 0 Å². The van der Waals surface area contributed by atoms with Gasteiger partial charge in [0.05, 0.1) is 0 Å². The summed E-state index contributed by atoms with van der Waals surface area (Å²) in [6.07, 6.45) is 11.5. The highest BCUT2D eigenvalue weighted by molar-refractivity contribution is 5.29. The zero-order valence-electron chi connectivity index (χ0n) is 9.28. The van der Waals surface area contributed by atoms with E-state index in [0.29, 0.717) is 6.04 Å². The standard InChI is InChI=1S/C13H20N2/c14-12-6-3-7-13-11(12)8-9-15(13)10-4-1-2-5-10/h8-10,12H,1-7,14H2. The van der Waals surface area contributed by atoms with E-state index in [1.54, 1.807) is 5.69 Å². The summed E-state index contributed by atoms with van der Waals surface area (Å²) < 4.78 is 2.53. The number of hydrogen-bond donors (Lipinski definition) is 1. The van der Waals surface area contributed by atoms with Crippen molar-refractivity contribution in [2.24, 2.45) is 5.73 Å². The van der Waals surface area contributed by atoms with Crippen LogP contribution in [0, 0.1) is 0 Å². The van der Waals surface area contributed by atoms with Gasteiger partial charge in [0.2, 0.25) is 0 Å². The van der Waals surface area contributed by atoms with Crippen molar-refractivity contribution in [3.63, 3.8) is 0 Å². The van der Waals surface area contributed by atoms with Crippen molar-refractivity contribution in [2.45, 2.75) is 57.0 Å². The smallest absolute Gasteiger partial charge is 0.0333 e. The van der Waals surface area contributed by atoms with Crippen molar-refractivity contribution >= 4 is 0 Å². The van der Waals surface area contributed by atoms with Crippen LogP contribution < -0.4 is 5.73 Å². The molecule has 82 valence electrons. The van der Waals surface area contributed by atoms with Crippen molar-refractivity contribution < 1.29 is 0 Å². The summed E-state index contributed by atoms with van der Waals surface area (Å²) in [5, 5.41) is 0. The van der Waals surface area contributed by atoms with Crippen LogP contribution in [0.1, 0.15) is 61.9 Å². The van der Waals surface area contributed by atoms with Crippen LogP contribution in [0.5, 0.6) is 0 Å². The first-order valence-electron chi connectivity index (χ1n) is 6.31. The summed E-state index contributed by atoms with van der Waals surface area (Å²) in [7, 11) is 0. The molecule has 3 rings (SSSR count). The number of hydrogen-bond acceptors (Lipinski definition) is 1. The second-order valence-corrected chi connectivity index (χ2v) is 5.06. The normalized spacial score (nSPS) is 26.9. The molecule has 15 heavy (non-hydrogen) atoms. The maximum absolute atomic E-state index is 6.15. The zero-order valence-corrected chi connectivity index (χ0v) is 9.28. The maximum Gasteiger partial charge on any atom is 0.0333 e. The van der Waals surface area contributed by atoms with Gasteiger partial charge in [-0.1, -0.05) is 12.8 Å². The fourth-order valence-electron chi connectivity index (χ4n) is 3.28. The topological polar surface area (TPSA) is 30.9 Å². The third kappa shape index (κ3) is 1.51. The highest BCUT2D eigenvalue weighted by atomic mass is 15.0. The van der Waals surface area contributed by atoms with Crippen LogP contribution in [-0.2, 0) is 6.42 Å². The van der Waals surface area contributed by atoms with E-state index < -0.39 is 0 Å². The average molecular weight is 204 g/mol. The summed E-state index contributed by atoms with van der Waals surface area (Å²) in [5.41, 5.74) is 9.11. The monoisotopic (exact) mass is 204 g/mol. The molecule has 0 radical (unpaired) electrons. The Balaban J connectivity index is 1.95. The predicted molar refractivity (Wildman–Crippen MR) is 61.8 cm³/mol. The molecule has 1 heterocycles. The number of fused-ring (bicyclic) bond motifs is 1. The minimum atomic E-state index is 0.302. The third-order valence-electron chi connectivity index (χ3n) is 4.11. The van der Waals surface area contributed by atoms with E-state index in [9.17, 15) is 0 Å². The van der Waals surface area contributed by atoms with Gasteiger partial charge in [-0.05, 0) is 43.7 Å². The summed E-state index contributed by atoms with van der Waals surface area (Å²) >= 11 is 0.